The van der Waals surface area contributed by atoms with E-state index in [1.54, 1.807) is 12.1 Å². The Labute approximate surface area is 167 Å². The number of carbonyl (C=O) groups is 2. The summed E-state index contributed by atoms with van der Waals surface area (Å²) < 4.78 is 25.8. The minimum absolute atomic E-state index is 0.0910. The first-order chi connectivity index (χ1) is 13.4. The lowest BCUT2D eigenvalue weighted by Gasteiger charge is -2.14. The van der Waals surface area contributed by atoms with E-state index in [1.807, 2.05) is 0 Å². The van der Waals surface area contributed by atoms with Crippen LogP contribution >= 0.6 is 11.6 Å². The van der Waals surface area contributed by atoms with Gasteiger partial charge in [0.2, 0.25) is 0 Å². The Bertz CT molecular complexity index is 870. The monoisotopic (exact) mass is 409 g/mol. The van der Waals surface area contributed by atoms with Gasteiger partial charge in [0.15, 0.2) is 18.1 Å². The van der Waals surface area contributed by atoms with Crippen molar-refractivity contribution in [1.29, 1.82) is 0 Å². The normalized spacial score (nSPS) is 10.0. The molecule has 0 bridgehead atoms. The van der Waals surface area contributed by atoms with Crippen LogP contribution in [-0.2, 0) is 9.53 Å². The van der Waals surface area contributed by atoms with E-state index in [-0.39, 0.29) is 11.3 Å². The summed E-state index contributed by atoms with van der Waals surface area (Å²) in [5.74, 6) is 0.0367. The van der Waals surface area contributed by atoms with Crippen LogP contribution in [0.1, 0.15) is 10.4 Å². The number of halogens is 1. The van der Waals surface area contributed by atoms with Crippen molar-refractivity contribution in [1.82, 2.24) is 0 Å². The van der Waals surface area contributed by atoms with Gasteiger partial charge in [0.1, 0.15) is 17.1 Å². The van der Waals surface area contributed by atoms with E-state index < -0.39 is 18.5 Å². The molecule has 1 N–H and O–H groups in total. The van der Waals surface area contributed by atoms with Crippen molar-refractivity contribution in [2.24, 2.45) is 0 Å². The van der Waals surface area contributed by atoms with Gasteiger partial charge in [-0.25, -0.2) is 4.79 Å². The van der Waals surface area contributed by atoms with Crippen molar-refractivity contribution < 1.29 is 33.3 Å². The van der Waals surface area contributed by atoms with Crippen LogP contribution in [0.5, 0.6) is 23.0 Å². The van der Waals surface area contributed by atoms with Gasteiger partial charge in [-0.1, -0.05) is 11.6 Å². The van der Waals surface area contributed by atoms with E-state index >= 15 is 0 Å². The minimum Gasteiger partial charge on any atom is -0.496 e. The van der Waals surface area contributed by atoms with Crippen molar-refractivity contribution in [2.45, 2.75) is 0 Å². The van der Waals surface area contributed by atoms with E-state index in [4.69, 9.17) is 35.3 Å². The van der Waals surface area contributed by atoms with Crippen LogP contribution < -0.4 is 24.3 Å². The van der Waals surface area contributed by atoms with E-state index in [9.17, 15) is 9.59 Å². The van der Waals surface area contributed by atoms with Crippen molar-refractivity contribution >= 4 is 29.2 Å². The average molecular weight is 410 g/mol. The molecule has 0 radical (unpaired) electrons. The maximum absolute atomic E-state index is 12.4. The number of rotatable bonds is 8. The number of methoxy groups -OCH3 is 4. The van der Waals surface area contributed by atoms with Gasteiger partial charge >= 0.3 is 5.97 Å². The molecule has 0 unspecified atom stereocenters. The first kappa shape index (κ1) is 21.2. The highest BCUT2D eigenvalue weighted by Gasteiger charge is 2.20. The first-order valence-corrected chi connectivity index (χ1v) is 8.41. The Kier molecular flexibility index (Phi) is 7.34. The van der Waals surface area contributed by atoms with Crippen LogP contribution in [0.3, 0.4) is 0 Å². The third kappa shape index (κ3) is 4.98. The van der Waals surface area contributed by atoms with Crippen LogP contribution in [0.15, 0.2) is 30.3 Å². The van der Waals surface area contributed by atoms with Gasteiger partial charge in [0.25, 0.3) is 5.91 Å². The highest BCUT2D eigenvalue weighted by Crippen LogP contribution is 2.35. The molecule has 28 heavy (non-hydrogen) atoms. The summed E-state index contributed by atoms with van der Waals surface area (Å²) in [4.78, 5) is 24.5. The van der Waals surface area contributed by atoms with Crippen LogP contribution in [0.2, 0.25) is 5.02 Å². The molecule has 0 aliphatic carbocycles. The number of ether oxygens (including phenoxy) is 5. The summed E-state index contributed by atoms with van der Waals surface area (Å²) in [7, 11) is 5.76. The van der Waals surface area contributed by atoms with Gasteiger partial charge in [0, 0.05) is 17.2 Å². The number of anilines is 1. The lowest BCUT2D eigenvalue weighted by Crippen LogP contribution is -2.21. The van der Waals surface area contributed by atoms with Gasteiger partial charge in [-0.3, -0.25) is 4.79 Å². The zero-order valence-corrected chi connectivity index (χ0v) is 16.6. The highest BCUT2D eigenvalue weighted by atomic mass is 35.5. The lowest BCUT2D eigenvalue weighted by atomic mass is 10.1. The second-order valence-electron chi connectivity index (χ2n) is 5.38. The highest BCUT2D eigenvalue weighted by molar-refractivity contribution is 6.31. The molecule has 0 saturated heterocycles. The molecule has 0 atom stereocenters. The van der Waals surface area contributed by atoms with Gasteiger partial charge < -0.3 is 29.0 Å². The van der Waals surface area contributed by atoms with Gasteiger partial charge in [-0.05, 0) is 18.2 Å². The maximum Gasteiger partial charge on any atom is 0.342 e. The lowest BCUT2D eigenvalue weighted by molar-refractivity contribution is -0.119. The molecule has 0 aromatic heterocycles. The molecular formula is C19H20ClNO7. The largest absolute Gasteiger partial charge is 0.496 e. The van der Waals surface area contributed by atoms with Crippen LogP contribution in [-0.4, -0.2) is 46.9 Å². The fraction of sp³-hybridized carbons (Fsp3) is 0.263. The van der Waals surface area contributed by atoms with Crippen molar-refractivity contribution in [3.8, 4) is 23.0 Å². The van der Waals surface area contributed by atoms with Crippen LogP contribution in [0.25, 0.3) is 0 Å². The molecule has 0 aliphatic heterocycles. The van der Waals surface area contributed by atoms with Gasteiger partial charge in [-0.2, -0.15) is 0 Å². The molecule has 0 aliphatic rings. The predicted molar refractivity (Wildman–Crippen MR) is 103 cm³/mol. The molecule has 2 aromatic carbocycles. The third-order valence-electron chi connectivity index (χ3n) is 3.70. The molecule has 9 heteroatoms. The number of nitrogens with one attached hydrogen (secondary N) is 1. The van der Waals surface area contributed by atoms with Crippen molar-refractivity contribution in [3.05, 3.63) is 40.9 Å². The summed E-state index contributed by atoms with van der Waals surface area (Å²) >= 11 is 5.92. The summed E-state index contributed by atoms with van der Waals surface area (Å²) in [6.45, 7) is -0.522. The summed E-state index contributed by atoms with van der Waals surface area (Å²) in [5.41, 5.74) is 0.452. The Morgan fingerprint density at radius 2 is 1.46 bits per heavy atom. The molecule has 150 valence electrons. The average Bonchev–Trinajstić information content (AvgIpc) is 2.71. The molecule has 8 nitrogen and oxygen atoms in total. The van der Waals surface area contributed by atoms with E-state index in [2.05, 4.69) is 5.32 Å². The maximum atomic E-state index is 12.4. The van der Waals surface area contributed by atoms with Gasteiger partial charge in [-0.15, -0.1) is 0 Å². The fourth-order valence-corrected chi connectivity index (χ4v) is 2.53. The van der Waals surface area contributed by atoms with E-state index in [1.165, 1.54) is 46.6 Å². The summed E-state index contributed by atoms with van der Waals surface area (Å²) in [6.07, 6.45) is 0. The molecule has 2 rings (SSSR count). The zero-order chi connectivity index (χ0) is 20.7. The SMILES string of the molecule is COc1ccc(Cl)cc1NC(=O)COC(=O)c1cc(OC)c(OC)cc1OC. The van der Waals surface area contributed by atoms with E-state index in [0.717, 1.165) is 0 Å². The Hall–Kier alpha value is -3.13. The summed E-state index contributed by atoms with van der Waals surface area (Å²) in [6, 6.07) is 7.67. The van der Waals surface area contributed by atoms with E-state index in [0.29, 0.717) is 28.0 Å². The number of hydrogen-bond donors (Lipinski definition) is 1. The number of benzene rings is 2. The number of amides is 1. The number of esters is 1. The molecule has 0 spiro atoms. The molecular weight excluding hydrogens is 390 g/mol. The third-order valence-corrected chi connectivity index (χ3v) is 3.93. The Balaban J connectivity index is 2.10. The molecule has 0 saturated carbocycles. The topological polar surface area (TPSA) is 92.3 Å². The molecule has 0 heterocycles. The standard InChI is InChI=1S/C19H20ClNO7/c1-24-14-6-5-11(20)7-13(14)21-18(22)10-28-19(23)12-8-16(26-3)17(27-4)9-15(12)25-2/h5-9H,10H2,1-4H3,(H,21,22). The van der Waals surface area contributed by atoms with Gasteiger partial charge in [0.05, 0.1) is 34.1 Å². The number of hydrogen-bond acceptors (Lipinski definition) is 7. The predicted octanol–water partition coefficient (Wildman–Crippen LogP) is 3.17. The first-order valence-electron chi connectivity index (χ1n) is 8.04. The van der Waals surface area contributed by atoms with Crippen molar-refractivity contribution in [2.75, 3.05) is 40.4 Å². The Morgan fingerprint density at radius 3 is 2.07 bits per heavy atom. The van der Waals surface area contributed by atoms with Crippen LogP contribution in [0.4, 0.5) is 5.69 Å². The zero-order valence-electron chi connectivity index (χ0n) is 15.8. The molecule has 2 aromatic rings. The van der Waals surface area contributed by atoms with Crippen molar-refractivity contribution in [3.63, 3.8) is 0 Å². The second kappa shape index (κ2) is 9.70. The summed E-state index contributed by atoms with van der Waals surface area (Å²) in [5, 5.41) is 3.00. The fourth-order valence-electron chi connectivity index (χ4n) is 2.36. The second-order valence-corrected chi connectivity index (χ2v) is 5.81. The quantitative estimate of drug-likeness (QED) is 0.669. The minimum atomic E-state index is -0.758. The molecule has 0 fully saturated rings. The molecule has 1 amide bonds. The smallest absolute Gasteiger partial charge is 0.342 e. The number of carbonyl (C=O) groups excluding carboxylic acids is 2. The Morgan fingerprint density at radius 1 is 0.857 bits per heavy atom. The van der Waals surface area contributed by atoms with Crippen LogP contribution in [0, 0.1) is 0 Å².